The van der Waals surface area contributed by atoms with Crippen molar-refractivity contribution in [1.29, 1.82) is 0 Å². The van der Waals surface area contributed by atoms with Gasteiger partial charge in [0.05, 0.1) is 0 Å². The fraction of sp³-hybridized carbons (Fsp3) is 0.364. The van der Waals surface area contributed by atoms with Gasteiger partial charge in [0.2, 0.25) is 0 Å². The van der Waals surface area contributed by atoms with Crippen LogP contribution in [0.5, 0.6) is 11.5 Å². The summed E-state index contributed by atoms with van der Waals surface area (Å²) in [6, 6.07) is 10.1. The molecule has 8 nitrogen and oxygen atoms in total. The van der Waals surface area contributed by atoms with Crippen molar-refractivity contribution in [1.82, 2.24) is 4.90 Å². The van der Waals surface area contributed by atoms with Gasteiger partial charge in [0.15, 0.2) is 0 Å². The predicted molar refractivity (Wildman–Crippen MR) is 111 cm³/mol. The quantitative estimate of drug-likeness (QED) is 0.354. The number of phenolic OH excluding ortho intramolecular Hbond substituents is 2. The predicted octanol–water partition coefficient (Wildman–Crippen LogP) is 2.09. The molecule has 2 rings (SSSR count). The molecule has 0 spiro atoms. The van der Waals surface area contributed by atoms with Gasteiger partial charge in [-0.15, -0.1) is 0 Å². The van der Waals surface area contributed by atoms with E-state index < -0.39 is 11.9 Å². The number of carboxylic acids is 2. The fourth-order valence-electron chi connectivity index (χ4n) is 3.22. The first-order valence-electron chi connectivity index (χ1n) is 9.76. The van der Waals surface area contributed by atoms with E-state index in [-0.39, 0.29) is 24.3 Å². The highest BCUT2D eigenvalue weighted by Crippen LogP contribution is 2.25. The van der Waals surface area contributed by atoms with E-state index in [0.29, 0.717) is 50.1 Å². The van der Waals surface area contributed by atoms with Crippen molar-refractivity contribution in [2.75, 3.05) is 13.1 Å². The molecule has 30 heavy (non-hydrogen) atoms. The van der Waals surface area contributed by atoms with Crippen LogP contribution >= 0.6 is 0 Å². The SMILES string of the molecule is NCCN(Cc1cc(CCC(=O)O)ccc1O)Cc1cc(CCC(=O)O)ccc1O. The maximum absolute atomic E-state index is 10.8. The maximum atomic E-state index is 10.8. The third-order valence-corrected chi connectivity index (χ3v) is 4.78. The molecule has 2 aromatic carbocycles. The molecule has 162 valence electrons. The van der Waals surface area contributed by atoms with Gasteiger partial charge in [-0.1, -0.05) is 24.3 Å². The number of nitrogens with zero attached hydrogens (tertiary/aromatic N) is 1. The summed E-state index contributed by atoms with van der Waals surface area (Å²) in [6.45, 7) is 1.61. The normalized spacial score (nSPS) is 11.0. The number of carbonyl (C=O) groups is 2. The van der Waals surface area contributed by atoms with Gasteiger partial charge in [-0.25, -0.2) is 0 Å². The lowest BCUT2D eigenvalue weighted by Crippen LogP contribution is -2.29. The molecular weight excluding hydrogens is 388 g/mol. The maximum Gasteiger partial charge on any atom is 0.303 e. The Balaban J connectivity index is 2.16. The van der Waals surface area contributed by atoms with E-state index in [2.05, 4.69) is 0 Å². The number of aliphatic carboxylic acids is 2. The highest BCUT2D eigenvalue weighted by atomic mass is 16.4. The summed E-state index contributed by atoms with van der Waals surface area (Å²) in [5, 5.41) is 38.2. The molecule has 0 radical (unpaired) electrons. The van der Waals surface area contributed by atoms with Gasteiger partial charge in [0, 0.05) is 50.1 Å². The third kappa shape index (κ3) is 7.38. The van der Waals surface area contributed by atoms with Crippen molar-refractivity contribution in [2.24, 2.45) is 5.73 Å². The van der Waals surface area contributed by atoms with Crippen molar-refractivity contribution in [3.63, 3.8) is 0 Å². The Morgan fingerprint density at radius 3 is 1.60 bits per heavy atom. The zero-order chi connectivity index (χ0) is 22.1. The summed E-state index contributed by atoms with van der Waals surface area (Å²) in [5.41, 5.74) is 8.66. The molecule has 0 aliphatic carbocycles. The van der Waals surface area contributed by atoms with Gasteiger partial charge >= 0.3 is 11.9 Å². The lowest BCUT2D eigenvalue weighted by molar-refractivity contribution is -0.138. The van der Waals surface area contributed by atoms with Crippen LogP contribution in [-0.4, -0.2) is 50.4 Å². The van der Waals surface area contributed by atoms with Crippen LogP contribution in [0.15, 0.2) is 36.4 Å². The average Bonchev–Trinajstić information content (AvgIpc) is 2.69. The first-order valence-corrected chi connectivity index (χ1v) is 9.76. The van der Waals surface area contributed by atoms with Crippen LogP contribution in [0.25, 0.3) is 0 Å². The topological polar surface area (TPSA) is 144 Å². The first-order chi connectivity index (χ1) is 14.3. The van der Waals surface area contributed by atoms with Gasteiger partial charge in [-0.3, -0.25) is 14.5 Å². The Morgan fingerprint density at radius 2 is 1.23 bits per heavy atom. The van der Waals surface area contributed by atoms with Gasteiger partial charge in [-0.05, 0) is 36.1 Å². The molecule has 0 aliphatic rings. The van der Waals surface area contributed by atoms with Crippen molar-refractivity contribution < 1.29 is 30.0 Å². The molecule has 0 heterocycles. The second-order valence-electron chi connectivity index (χ2n) is 7.21. The van der Waals surface area contributed by atoms with E-state index >= 15 is 0 Å². The van der Waals surface area contributed by atoms with E-state index in [4.69, 9.17) is 15.9 Å². The lowest BCUT2D eigenvalue weighted by Gasteiger charge is -2.23. The Hall–Kier alpha value is -3.10. The van der Waals surface area contributed by atoms with Gasteiger partial charge in [-0.2, -0.15) is 0 Å². The molecule has 6 N–H and O–H groups in total. The van der Waals surface area contributed by atoms with Crippen LogP contribution in [0.2, 0.25) is 0 Å². The Bertz CT molecular complexity index is 814. The second-order valence-corrected chi connectivity index (χ2v) is 7.21. The number of rotatable bonds is 12. The van der Waals surface area contributed by atoms with Crippen LogP contribution in [0.4, 0.5) is 0 Å². The zero-order valence-electron chi connectivity index (χ0n) is 16.8. The van der Waals surface area contributed by atoms with Crippen LogP contribution in [0.1, 0.15) is 35.1 Å². The molecule has 0 fully saturated rings. The summed E-state index contributed by atoms with van der Waals surface area (Å²) in [6.07, 6.45) is 0.749. The number of nitrogens with two attached hydrogens (primary N) is 1. The number of aryl methyl sites for hydroxylation is 2. The van der Waals surface area contributed by atoms with E-state index in [1.165, 1.54) is 0 Å². The van der Waals surface area contributed by atoms with Gasteiger partial charge in [0.1, 0.15) is 11.5 Å². The molecule has 0 aliphatic heterocycles. The van der Waals surface area contributed by atoms with E-state index in [0.717, 1.165) is 11.1 Å². The summed E-state index contributed by atoms with van der Waals surface area (Å²) in [5.74, 6) is -1.55. The van der Waals surface area contributed by atoms with E-state index in [9.17, 15) is 19.8 Å². The minimum atomic E-state index is -0.882. The molecule has 0 bridgehead atoms. The van der Waals surface area contributed by atoms with Gasteiger partial charge in [0.25, 0.3) is 0 Å². The Kier molecular flexibility index (Phi) is 8.64. The smallest absolute Gasteiger partial charge is 0.303 e. The standard InChI is InChI=1S/C22H28N2O6/c23-9-10-24(13-17-11-15(1-5-19(17)25)3-7-21(27)28)14-18-12-16(2-6-20(18)26)4-8-22(29)30/h1-2,5-6,11-12,25-26H,3-4,7-10,13-14,23H2,(H,27,28)(H,29,30). The molecule has 8 heteroatoms. The van der Waals surface area contributed by atoms with Crippen LogP contribution in [0.3, 0.4) is 0 Å². The summed E-state index contributed by atoms with van der Waals surface area (Å²) < 4.78 is 0. The second kappa shape index (κ2) is 11.2. The number of aromatic hydroxyl groups is 2. The minimum Gasteiger partial charge on any atom is -0.508 e. The molecule has 0 aromatic heterocycles. The van der Waals surface area contributed by atoms with Crippen LogP contribution < -0.4 is 5.73 Å². The highest BCUT2D eigenvalue weighted by molar-refractivity contribution is 5.67. The Labute approximate surface area is 175 Å². The Morgan fingerprint density at radius 1 is 0.800 bits per heavy atom. The molecule has 0 unspecified atom stereocenters. The average molecular weight is 416 g/mol. The number of carboxylic acid groups (broad SMARTS) is 2. The van der Waals surface area contributed by atoms with E-state index in [1.54, 1.807) is 36.4 Å². The minimum absolute atomic E-state index is 0.00768. The summed E-state index contributed by atoms with van der Waals surface area (Å²) in [4.78, 5) is 23.6. The molecule has 0 saturated heterocycles. The monoisotopic (exact) mass is 416 g/mol. The molecule has 0 amide bonds. The van der Waals surface area contributed by atoms with Crippen LogP contribution in [0, 0.1) is 0 Å². The zero-order valence-corrected chi connectivity index (χ0v) is 16.8. The van der Waals surface area contributed by atoms with Crippen molar-refractivity contribution in [2.45, 2.75) is 38.8 Å². The fourth-order valence-corrected chi connectivity index (χ4v) is 3.22. The third-order valence-electron chi connectivity index (χ3n) is 4.78. The lowest BCUT2D eigenvalue weighted by atomic mass is 10.0. The molecular formula is C22H28N2O6. The van der Waals surface area contributed by atoms with Crippen molar-refractivity contribution in [3.8, 4) is 11.5 Å². The van der Waals surface area contributed by atoms with Crippen molar-refractivity contribution >= 4 is 11.9 Å². The number of benzene rings is 2. The van der Waals surface area contributed by atoms with E-state index in [1.807, 2.05) is 4.90 Å². The number of phenols is 2. The largest absolute Gasteiger partial charge is 0.508 e. The molecule has 0 atom stereocenters. The first kappa shape index (κ1) is 23.2. The molecule has 0 saturated carbocycles. The highest BCUT2D eigenvalue weighted by Gasteiger charge is 2.14. The summed E-state index contributed by atoms with van der Waals surface area (Å²) in [7, 11) is 0. The summed E-state index contributed by atoms with van der Waals surface area (Å²) >= 11 is 0. The number of hydrogen-bond acceptors (Lipinski definition) is 6. The number of hydrogen-bond donors (Lipinski definition) is 5. The van der Waals surface area contributed by atoms with Crippen LogP contribution in [-0.2, 0) is 35.5 Å². The van der Waals surface area contributed by atoms with Crippen molar-refractivity contribution in [3.05, 3.63) is 58.7 Å². The van der Waals surface area contributed by atoms with Gasteiger partial charge < -0.3 is 26.2 Å². The molecule has 2 aromatic rings.